The van der Waals surface area contributed by atoms with Gasteiger partial charge < -0.3 is 10.8 Å². The minimum absolute atomic E-state index is 0.0235. The summed E-state index contributed by atoms with van der Waals surface area (Å²) in [6.45, 7) is 4.67. The Balaban J connectivity index is 2.71. The molecule has 0 bridgehead atoms. The lowest BCUT2D eigenvalue weighted by atomic mass is 9.89. The van der Waals surface area contributed by atoms with Gasteiger partial charge in [-0.25, -0.2) is 0 Å². The molecule has 0 radical (unpaired) electrons. The Morgan fingerprint density at radius 1 is 1.33 bits per heavy atom. The molecule has 0 saturated heterocycles. The molecule has 1 aromatic rings. The molecule has 2 atom stereocenters. The molecule has 3 heteroatoms. The lowest BCUT2D eigenvalue weighted by Gasteiger charge is -2.23. The molecule has 0 aliphatic rings. The van der Waals surface area contributed by atoms with E-state index in [2.05, 4.69) is 18.8 Å². The molecule has 15 heavy (non-hydrogen) atoms. The van der Waals surface area contributed by atoms with E-state index in [1.165, 1.54) is 0 Å². The zero-order chi connectivity index (χ0) is 11.3. The fourth-order valence-corrected chi connectivity index (χ4v) is 1.77. The van der Waals surface area contributed by atoms with Gasteiger partial charge in [0.15, 0.2) is 0 Å². The van der Waals surface area contributed by atoms with Gasteiger partial charge in [0.25, 0.3) is 0 Å². The molecule has 3 nitrogen and oxygen atoms in total. The predicted molar refractivity (Wildman–Crippen MR) is 61.5 cm³/mol. The topological polar surface area (TPSA) is 59.1 Å². The standard InChI is InChI=1S/C12H20N2O/c1-9(2)7-12(15)11(8-13)10-3-5-14-6-4-10/h3-6,9,11-12,15H,7-8,13H2,1-2H3. The summed E-state index contributed by atoms with van der Waals surface area (Å²) >= 11 is 0. The van der Waals surface area contributed by atoms with Crippen molar-refractivity contribution in [2.45, 2.75) is 32.3 Å². The maximum Gasteiger partial charge on any atom is 0.0623 e. The van der Waals surface area contributed by atoms with Crippen LogP contribution in [0.4, 0.5) is 0 Å². The summed E-state index contributed by atoms with van der Waals surface area (Å²) in [5.74, 6) is 0.506. The summed E-state index contributed by atoms with van der Waals surface area (Å²) in [6, 6.07) is 3.84. The highest BCUT2D eigenvalue weighted by Gasteiger charge is 2.20. The molecular weight excluding hydrogens is 188 g/mol. The quantitative estimate of drug-likeness (QED) is 0.771. The number of pyridine rings is 1. The van der Waals surface area contributed by atoms with Crippen molar-refractivity contribution >= 4 is 0 Å². The van der Waals surface area contributed by atoms with E-state index >= 15 is 0 Å². The van der Waals surface area contributed by atoms with Crippen molar-refractivity contribution < 1.29 is 5.11 Å². The summed E-state index contributed by atoms with van der Waals surface area (Å²) < 4.78 is 0. The Morgan fingerprint density at radius 3 is 2.40 bits per heavy atom. The maximum atomic E-state index is 10.0. The SMILES string of the molecule is CC(C)CC(O)C(CN)c1ccncc1. The summed E-state index contributed by atoms with van der Waals surface area (Å²) in [6.07, 6.45) is 3.89. The molecule has 0 amide bonds. The van der Waals surface area contributed by atoms with Crippen LogP contribution in [0.1, 0.15) is 31.7 Å². The van der Waals surface area contributed by atoms with Crippen LogP contribution in [0.3, 0.4) is 0 Å². The molecule has 0 fully saturated rings. The molecule has 0 aromatic carbocycles. The second-order valence-corrected chi connectivity index (χ2v) is 4.32. The second-order valence-electron chi connectivity index (χ2n) is 4.32. The number of aliphatic hydroxyl groups excluding tert-OH is 1. The van der Waals surface area contributed by atoms with Crippen molar-refractivity contribution in [2.24, 2.45) is 11.7 Å². The monoisotopic (exact) mass is 208 g/mol. The van der Waals surface area contributed by atoms with Crippen molar-refractivity contribution in [1.29, 1.82) is 0 Å². The Hall–Kier alpha value is -0.930. The van der Waals surface area contributed by atoms with Gasteiger partial charge in [-0.2, -0.15) is 0 Å². The van der Waals surface area contributed by atoms with Gasteiger partial charge in [0.2, 0.25) is 0 Å². The molecule has 0 saturated carbocycles. The van der Waals surface area contributed by atoms with Crippen LogP contribution in [-0.4, -0.2) is 22.7 Å². The first kappa shape index (κ1) is 12.1. The van der Waals surface area contributed by atoms with Crippen molar-refractivity contribution in [3.8, 4) is 0 Å². The van der Waals surface area contributed by atoms with E-state index in [1.54, 1.807) is 12.4 Å². The average molecular weight is 208 g/mol. The molecule has 1 heterocycles. The van der Waals surface area contributed by atoms with Crippen LogP contribution >= 0.6 is 0 Å². The first-order chi connectivity index (χ1) is 7.15. The highest BCUT2D eigenvalue weighted by Crippen LogP contribution is 2.22. The molecule has 0 aliphatic carbocycles. The normalized spacial score (nSPS) is 15.3. The summed E-state index contributed by atoms with van der Waals surface area (Å²) in [4.78, 5) is 3.96. The van der Waals surface area contributed by atoms with E-state index in [0.29, 0.717) is 12.5 Å². The van der Waals surface area contributed by atoms with Crippen LogP contribution in [0.15, 0.2) is 24.5 Å². The maximum absolute atomic E-state index is 10.0. The van der Waals surface area contributed by atoms with Crippen molar-refractivity contribution in [2.75, 3.05) is 6.54 Å². The van der Waals surface area contributed by atoms with Crippen LogP contribution in [0.2, 0.25) is 0 Å². The van der Waals surface area contributed by atoms with E-state index in [4.69, 9.17) is 5.73 Å². The Labute approximate surface area is 91.3 Å². The Morgan fingerprint density at radius 2 is 1.93 bits per heavy atom. The summed E-state index contributed by atoms with van der Waals surface area (Å²) in [7, 11) is 0. The van der Waals surface area contributed by atoms with Crippen LogP contribution in [0.25, 0.3) is 0 Å². The van der Waals surface area contributed by atoms with E-state index in [-0.39, 0.29) is 12.0 Å². The van der Waals surface area contributed by atoms with Crippen LogP contribution in [0.5, 0.6) is 0 Å². The minimum Gasteiger partial charge on any atom is -0.392 e. The van der Waals surface area contributed by atoms with Gasteiger partial charge in [0, 0.05) is 24.9 Å². The third-order valence-electron chi connectivity index (χ3n) is 2.57. The van der Waals surface area contributed by atoms with Crippen LogP contribution in [-0.2, 0) is 0 Å². The Kier molecular flexibility index (Phi) is 4.72. The van der Waals surface area contributed by atoms with E-state index in [0.717, 1.165) is 12.0 Å². The van der Waals surface area contributed by atoms with Crippen molar-refractivity contribution in [1.82, 2.24) is 4.98 Å². The lowest BCUT2D eigenvalue weighted by Crippen LogP contribution is -2.27. The molecule has 3 N–H and O–H groups in total. The van der Waals surface area contributed by atoms with Gasteiger partial charge >= 0.3 is 0 Å². The average Bonchev–Trinajstić information content (AvgIpc) is 2.19. The zero-order valence-corrected chi connectivity index (χ0v) is 9.43. The van der Waals surface area contributed by atoms with E-state index in [9.17, 15) is 5.11 Å². The highest BCUT2D eigenvalue weighted by molar-refractivity contribution is 5.17. The third-order valence-corrected chi connectivity index (χ3v) is 2.57. The molecule has 0 spiro atoms. The summed E-state index contributed by atoms with van der Waals surface area (Å²) in [5.41, 5.74) is 6.77. The molecule has 0 aliphatic heterocycles. The summed E-state index contributed by atoms with van der Waals surface area (Å²) in [5, 5.41) is 10.0. The fraction of sp³-hybridized carbons (Fsp3) is 0.583. The van der Waals surface area contributed by atoms with E-state index < -0.39 is 0 Å². The van der Waals surface area contributed by atoms with E-state index in [1.807, 2.05) is 12.1 Å². The number of hydrogen-bond donors (Lipinski definition) is 2. The molecule has 84 valence electrons. The first-order valence-corrected chi connectivity index (χ1v) is 5.43. The smallest absolute Gasteiger partial charge is 0.0623 e. The molecule has 2 unspecified atom stereocenters. The van der Waals surface area contributed by atoms with Crippen molar-refractivity contribution in [3.05, 3.63) is 30.1 Å². The van der Waals surface area contributed by atoms with Gasteiger partial charge in [-0.15, -0.1) is 0 Å². The largest absolute Gasteiger partial charge is 0.392 e. The van der Waals surface area contributed by atoms with Crippen molar-refractivity contribution in [3.63, 3.8) is 0 Å². The predicted octanol–water partition coefficient (Wildman–Crippen LogP) is 1.53. The van der Waals surface area contributed by atoms with Gasteiger partial charge in [0.05, 0.1) is 6.10 Å². The lowest BCUT2D eigenvalue weighted by molar-refractivity contribution is 0.121. The number of nitrogens with zero attached hydrogens (tertiary/aromatic N) is 1. The number of hydrogen-bond acceptors (Lipinski definition) is 3. The minimum atomic E-state index is -0.364. The van der Waals surface area contributed by atoms with Gasteiger partial charge in [-0.3, -0.25) is 4.98 Å². The van der Waals surface area contributed by atoms with Crippen LogP contribution in [0, 0.1) is 5.92 Å². The highest BCUT2D eigenvalue weighted by atomic mass is 16.3. The number of aliphatic hydroxyl groups is 1. The first-order valence-electron chi connectivity index (χ1n) is 5.43. The number of aromatic nitrogens is 1. The molecular formula is C12H20N2O. The van der Waals surface area contributed by atoms with Crippen LogP contribution < -0.4 is 5.73 Å². The number of nitrogens with two attached hydrogens (primary N) is 1. The molecule has 1 aromatic heterocycles. The Bertz CT molecular complexity index is 274. The third kappa shape index (κ3) is 3.61. The molecule has 1 rings (SSSR count). The fourth-order valence-electron chi connectivity index (χ4n) is 1.77. The second kappa shape index (κ2) is 5.83. The zero-order valence-electron chi connectivity index (χ0n) is 9.43. The van der Waals surface area contributed by atoms with Gasteiger partial charge in [0.1, 0.15) is 0 Å². The van der Waals surface area contributed by atoms with Gasteiger partial charge in [-0.1, -0.05) is 13.8 Å². The number of rotatable bonds is 5. The van der Waals surface area contributed by atoms with Gasteiger partial charge in [-0.05, 0) is 30.0 Å².